The minimum atomic E-state index is 0.768. The summed E-state index contributed by atoms with van der Waals surface area (Å²) in [5, 5.41) is 0. The standard InChI is InChI=1S/C11H12O/c1-2-7-11(8-3-1)12-9-10-5-4-6-10/h1-3,5,7-8H,4,6,9H2. The summed E-state index contributed by atoms with van der Waals surface area (Å²) in [4.78, 5) is 0. The molecule has 0 bridgehead atoms. The quantitative estimate of drug-likeness (QED) is 0.618. The summed E-state index contributed by atoms with van der Waals surface area (Å²) >= 11 is 0. The number of allylic oxidation sites excluding steroid dienone is 1. The van der Waals surface area contributed by atoms with Gasteiger partial charge in [-0.3, -0.25) is 0 Å². The van der Waals surface area contributed by atoms with Crippen molar-refractivity contribution in [1.82, 2.24) is 0 Å². The lowest BCUT2D eigenvalue weighted by atomic mass is 10.0. The van der Waals surface area contributed by atoms with Crippen molar-refractivity contribution in [2.45, 2.75) is 12.8 Å². The lowest BCUT2D eigenvalue weighted by Gasteiger charge is -2.14. The average Bonchev–Trinajstić information content (AvgIpc) is 2.04. The monoisotopic (exact) mass is 160 g/mol. The fourth-order valence-electron chi connectivity index (χ4n) is 1.17. The van der Waals surface area contributed by atoms with Crippen LogP contribution in [0.5, 0.6) is 5.75 Å². The van der Waals surface area contributed by atoms with Gasteiger partial charge in [0.25, 0.3) is 0 Å². The van der Waals surface area contributed by atoms with Gasteiger partial charge in [-0.25, -0.2) is 0 Å². The Kier molecular flexibility index (Phi) is 2.12. The SMILES string of the molecule is C1=C(COc2ccccc2)CC1. The van der Waals surface area contributed by atoms with E-state index in [2.05, 4.69) is 6.08 Å². The van der Waals surface area contributed by atoms with Crippen LogP contribution in [0.2, 0.25) is 0 Å². The Balaban J connectivity index is 1.87. The first-order valence-corrected chi connectivity index (χ1v) is 4.31. The molecular formula is C11H12O. The first-order valence-electron chi connectivity index (χ1n) is 4.31. The van der Waals surface area contributed by atoms with Gasteiger partial charge in [0.15, 0.2) is 0 Å². The molecule has 0 saturated carbocycles. The molecule has 0 N–H and O–H groups in total. The van der Waals surface area contributed by atoms with Gasteiger partial charge in [-0.15, -0.1) is 0 Å². The van der Waals surface area contributed by atoms with Gasteiger partial charge in [-0.1, -0.05) is 24.3 Å². The molecule has 1 nitrogen and oxygen atoms in total. The number of benzene rings is 1. The maximum absolute atomic E-state index is 5.54. The third kappa shape index (κ3) is 1.67. The van der Waals surface area contributed by atoms with Crippen molar-refractivity contribution in [1.29, 1.82) is 0 Å². The highest BCUT2D eigenvalue weighted by atomic mass is 16.5. The van der Waals surface area contributed by atoms with Gasteiger partial charge >= 0.3 is 0 Å². The summed E-state index contributed by atoms with van der Waals surface area (Å²) < 4.78 is 5.54. The Morgan fingerprint density at radius 3 is 2.50 bits per heavy atom. The summed E-state index contributed by atoms with van der Waals surface area (Å²) in [5.41, 5.74) is 1.43. The van der Waals surface area contributed by atoms with Crippen LogP contribution in [-0.2, 0) is 0 Å². The topological polar surface area (TPSA) is 9.23 Å². The third-order valence-corrected chi connectivity index (χ3v) is 2.07. The molecule has 1 aromatic rings. The largest absolute Gasteiger partial charge is 0.489 e. The Labute approximate surface area is 72.7 Å². The van der Waals surface area contributed by atoms with E-state index in [1.807, 2.05) is 30.3 Å². The number of hydrogen-bond donors (Lipinski definition) is 0. The van der Waals surface area contributed by atoms with Gasteiger partial charge in [0.1, 0.15) is 12.4 Å². The Hall–Kier alpha value is -1.24. The second kappa shape index (κ2) is 3.44. The van der Waals surface area contributed by atoms with E-state index in [4.69, 9.17) is 4.74 Å². The Morgan fingerprint density at radius 2 is 1.92 bits per heavy atom. The number of rotatable bonds is 3. The van der Waals surface area contributed by atoms with Crippen LogP contribution in [0.3, 0.4) is 0 Å². The Morgan fingerprint density at radius 1 is 1.17 bits per heavy atom. The summed E-state index contributed by atoms with van der Waals surface area (Å²) in [6.45, 7) is 0.768. The molecule has 0 aromatic heterocycles. The maximum atomic E-state index is 5.54. The van der Waals surface area contributed by atoms with E-state index in [0.717, 1.165) is 12.4 Å². The molecular weight excluding hydrogens is 148 g/mol. The molecule has 0 amide bonds. The van der Waals surface area contributed by atoms with Crippen molar-refractivity contribution in [3.63, 3.8) is 0 Å². The van der Waals surface area contributed by atoms with Crippen LogP contribution in [0.25, 0.3) is 0 Å². The lowest BCUT2D eigenvalue weighted by Crippen LogP contribution is -2.05. The van der Waals surface area contributed by atoms with Crippen LogP contribution in [0.4, 0.5) is 0 Å². The van der Waals surface area contributed by atoms with E-state index in [9.17, 15) is 0 Å². The molecule has 62 valence electrons. The van der Waals surface area contributed by atoms with Crippen LogP contribution in [0.15, 0.2) is 42.0 Å². The number of hydrogen-bond acceptors (Lipinski definition) is 1. The van der Waals surface area contributed by atoms with Crippen LogP contribution in [0.1, 0.15) is 12.8 Å². The van der Waals surface area contributed by atoms with Gasteiger partial charge in [-0.05, 0) is 30.5 Å². The third-order valence-electron chi connectivity index (χ3n) is 2.07. The minimum absolute atomic E-state index is 0.768. The highest BCUT2D eigenvalue weighted by molar-refractivity contribution is 5.22. The van der Waals surface area contributed by atoms with E-state index in [1.54, 1.807) is 0 Å². The zero-order valence-corrected chi connectivity index (χ0v) is 6.99. The van der Waals surface area contributed by atoms with Crippen LogP contribution in [0, 0.1) is 0 Å². The molecule has 2 rings (SSSR count). The van der Waals surface area contributed by atoms with Crippen molar-refractivity contribution in [2.75, 3.05) is 6.61 Å². The average molecular weight is 160 g/mol. The van der Waals surface area contributed by atoms with Crippen molar-refractivity contribution in [2.24, 2.45) is 0 Å². The second-order valence-corrected chi connectivity index (χ2v) is 3.00. The van der Waals surface area contributed by atoms with E-state index < -0.39 is 0 Å². The summed E-state index contributed by atoms with van der Waals surface area (Å²) in [5.74, 6) is 0.963. The van der Waals surface area contributed by atoms with Gasteiger partial charge in [0.05, 0.1) is 0 Å². The van der Waals surface area contributed by atoms with Crippen molar-refractivity contribution < 1.29 is 4.74 Å². The minimum Gasteiger partial charge on any atom is -0.489 e. The molecule has 0 radical (unpaired) electrons. The molecule has 0 heterocycles. The van der Waals surface area contributed by atoms with Gasteiger partial charge in [0.2, 0.25) is 0 Å². The number of ether oxygens (including phenoxy) is 1. The first-order chi connectivity index (χ1) is 5.95. The normalized spacial score (nSPS) is 14.8. The molecule has 0 spiro atoms. The molecule has 0 saturated heterocycles. The smallest absolute Gasteiger partial charge is 0.119 e. The molecule has 1 aliphatic rings. The van der Waals surface area contributed by atoms with Crippen molar-refractivity contribution >= 4 is 0 Å². The summed E-state index contributed by atoms with van der Waals surface area (Å²) in [6, 6.07) is 9.95. The molecule has 0 fully saturated rings. The molecule has 1 aliphatic carbocycles. The van der Waals surface area contributed by atoms with Crippen molar-refractivity contribution in [3.05, 3.63) is 42.0 Å². The molecule has 1 heteroatoms. The molecule has 1 aromatic carbocycles. The van der Waals surface area contributed by atoms with Gasteiger partial charge in [0, 0.05) is 0 Å². The van der Waals surface area contributed by atoms with E-state index >= 15 is 0 Å². The highest BCUT2D eigenvalue weighted by Crippen LogP contribution is 2.19. The summed E-state index contributed by atoms with van der Waals surface area (Å²) in [7, 11) is 0. The predicted octanol–water partition coefficient (Wildman–Crippen LogP) is 2.79. The van der Waals surface area contributed by atoms with Crippen LogP contribution in [-0.4, -0.2) is 6.61 Å². The second-order valence-electron chi connectivity index (χ2n) is 3.00. The van der Waals surface area contributed by atoms with Gasteiger partial charge < -0.3 is 4.74 Å². The zero-order chi connectivity index (χ0) is 8.23. The molecule has 0 aliphatic heterocycles. The van der Waals surface area contributed by atoms with Gasteiger partial charge in [-0.2, -0.15) is 0 Å². The molecule has 12 heavy (non-hydrogen) atoms. The Bertz CT molecular complexity index is 274. The van der Waals surface area contributed by atoms with E-state index in [1.165, 1.54) is 18.4 Å². The number of para-hydroxylation sites is 1. The van der Waals surface area contributed by atoms with Crippen LogP contribution < -0.4 is 4.74 Å². The highest BCUT2D eigenvalue weighted by Gasteiger charge is 2.05. The fourth-order valence-corrected chi connectivity index (χ4v) is 1.17. The molecule has 0 unspecified atom stereocenters. The zero-order valence-electron chi connectivity index (χ0n) is 6.99. The molecule has 0 atom stereocenters. The summed E-state index contributed by atoms with van der Waals surface area (Å²) in [6.07, 6.45) is 4.68. The maximum Gasteiger partial charge on any atom is 0.119 e. The van der Waals surface area contributed by atoms with Crippen LogP contribution >= 0.6 is 0 Å². The first kappa shape index (κ1) is 7.41. The lowest BCUT2D eigenvalue weighted by molar-refractivity contribution is 0.342. The predicted molar refractivity (Wildman–Crippen MR) is 49.3 cm³/mol. The van der Waals surface area contributed by atoms with Crippen molar-refractivity contribution in [3.8, 4) is 5.75 Å². The fraction of sp³-hybridized carbons (Fsp3) is 0.273. The van der Waals surface area contributed by atoms with E-state index in [0.29, 0.717) is 0 Å². The van der Waals surface area contributed by atoms with E-state index in [-0.39, 0.29) is 0 Å².